The summed E-state index contributed by atoms with van der Waals surface area (Å²) in [5, 5.41) is 2.90. The quantitative estimate of drug-likeness (QED) is 0.749. The van der Waals surface area contributed by atoms with Crippen molar-refractivity contribution in [3.05, 3.63) is 0 Å². The predicted molar refractivity (Wildman–Crippen MR) is 62.0 cm³/mol. The first-order chi connectivity index (χ1) is 6.74. The van der Waals surface area contributed by atoms with Crippen LogP contribution in [0, 0.1) is 11.8 Å². The molecule has 0 aliphatic carbocycles. The molecule has 0 spiro atoms. The summed E-state index contributed by atoms with van der Waals surface area (Å²) in [5.41, 5.74) is 5.46. The highest BCUT2D eigenvalue weighted by molar-refractivity contribution is 5.85. The summed E-state index contributed by atoms with van der Waals surface area (Å²) >= 11 is 0. The van der Waals surface area contributed by atoms with Crippen molar-refractivity contribution in [1.82, 2.24) is 5.32 Å². The van der Waals surface area contributed by atoms with Crippen LogP contribution in [0.1, 0.15) is 19.8 Å². The van der Waals surface area contributed by atoms with Gasteiger partial charge in [0, 0.05) is 13.2 Å². The van der Waals surface area contributed by atoms with E-state index in [1.165, 1.54) is 0 Å². The summed E-state index contributed by atoms with van der Waals surface area (Å²) in [7, 11) is 0. The van der Waals surface area contributed by atoms with Crippen molar-refractivity contribution in [1.29, 1.82) is 0 Å². The Labute approximate surface area is 97.3 Å². The van der Waals surface area contributed by atoms with E-state index in [2.05, 4.69) is 5.32 Å². The van der Waals surface area contributed by atoms with Gasteiger partial charge in [0.1, 0.15) is 0 Å². The highest BCUT2D eigenvalue weighted by Crippen LogP contribution is 2.13. The van der Waals surface area contributed by atoms with E-state index in [0.29, 0.717) is 25.6 Å². The maximum atomic E-state index is 11.6. The number of carbonyl (C=O) groups is 1. The Morgan fingerprint density at radius 2 is 2.40 bits per heavy atom. The number of rotatable bonds is 4. The molecule has 1 aliphatic rings. The summed E-state index contributed by atoms with van der Waals surface area (Å²) in [6.07, 6.45) is 1.94. The van der Waals surface area contributed by atoms with E-state index in [0.717, 1.165) is 19.4 Å². The molecule has 0 saturated carbocycles. The van der Waals surface area contributed by atoms with Crippen LogP contribution in [-0.4, -0.2) is 32.2 Å². The van der Waals surface area contributed by atoms with Gasteiger partial charge in [-0.15, -0.1) is 12.4 Å². The van der Waals surface area contributed by atoms with Gasteiger partial charge in [-0.05, 0) is 25.3 Å². The molecule has 2 atom stereocenters. The SMILES string of the molecule is CC(CN)CNC(=O)C1CCCOC1.Cl. The molecule has 1 aliphatic heterocycles. The van der Waals surface area contributed by atoms with Gasteiger partial charge in [0.2, 0.25) is 5.91 Å². The fourth-order valence-corrected chi connectivity index (χ4v) is 1.45. The minimum atomic E-state index is 0. The zero-order valence-electron chi connectivity index (χ0n) is 9.20. The first-order valence-electron chi connectivity index (χ1n) is 5.29. The van der Waals surface area contributed by atoms with Crippen LogP contribution in [0.2, 0.25) is 0 Å². The molecule has 1 saturated heterocycles. The summed E-state index contributed by atoms with van der Waals surface area (Å²) in [6, 6.07) is 0. The molecule has 1 amide bonds. The largest absolute Gasteiger partial charge is 0.381 e. The molecule has 5 heteroatoms. The molecule has 1 fully saturated rings. The minimum absolute atomic E-state index is 0. The highest BCUT2D eigenvalue weighted by atomic mass is 35.5. The van der Waals surface area contributed by atoms with Crippen molar-refractivity contribution in [2.45, 2.75) is 19.8 Å². The number of amides is 1. The van der Waals surface area contributed by atoms with Crippen molar-refractivity contribution in [2.75, 3.05) is 26.3 Å². The Kier molecular flexibility index (Phi) is 7.74. The number of halogens is 1. The van der Waals surface area contributed by atoms with Gasteiger partial charge in [-0.3, -0.25) is 4.79 Å². The Morgan fingerprint density at radius 1 is 1.67 bits per heavy atom. The fourth-order valence-electron chi connectivity index (χ4n) is 1.45. The van der Waals surface area contributed by atoms with Crippen LogP contribution in [0.25, 0.3) is 0 Å². The molecule has 2 unspecified atom stereocenters. The van der Waals surface area contributed by atoms with Gasteiger partial charge >= 0.3 is 0 Å². The van der Waals surface area contributed by atoms with Gasteiger partial charge in [0.15, 0.2) is 0 Å². The molecule has 0 aromatic rings. The first kappa shape index (κ1) is 14.7. The lowest BCUT2D eigenvalue weighted by atomic mass is 10.0. The average molecular weight is 237 g/mol. The van der Waals surface area contributed by atoms with Crippen LogP contribution < -0.4 is 11.1 Å². The molecule has 0 radical (unpaired) electrons. The second-order valence-electron chi connectivity index (χ2n) is 4.00. The maximum Gasteiger partial charge on any atom is 0.225 e. The Bertz CT molecular complexity index is 184. The van der Waals surface area contributed by atoms with Crippen molar-refractivity contribution in [3.63, 3.8) is 0 Å². The number of ether oxygens (including phenoxy) is 1. The summed E-state index contributed by atoms with van der Waals surface area (Å²) in [4.78, 5) is 11.6. The van der Waals surface area contributed by atoms with E-state index in [4.69, 9.17) is 10.5 Å². The number of nitrogens with two attached hydrogens (primary N) is 1. The minimum Gasteiger partial charge on any atom is -0.381 e. The molecule has 90 valence electrons. The van der Waals surface area contributed by atoms with E-state index in [1.54, 1.807) is 0 Å². The van der Waals surface area contributed by atoms with E-state index in [9.17, 15) is 4.79 Å². The van der Waals surface area contributed by atoms with Crippen molar-refractivity contribution in [2.24, 2.45) is 17.6 Å². The zero-order chi connectivity index (χ0) is 10.4. The van der Waals surface area contributed by atoms with Crippen LogP contribution in [-0.2, 0) is 9.53 Å². The van der Waals surface area contributed by atoms with E-state index in [-0.39, 0.29) is 24.2 Å². The molecular formula is C10H21ClN2O2. The third kappa shape index (κ3) is 5.35. The third-order valence-corrected chi connectivity index (χ3v) is 2.56. The first-order valence-corrected chi connectivity index (χ1v) is 5.29. The molecule has 0 aromatic heterocycles. The Hall–Kier alpha value is -0.320. The maximum absolute atomic E-state index is 11.6. The number of carbonyl (C=O) groups excluding carboxylic acids is 1. The molecular weight excluding hydrogens is 216 g/mol. The van der Waals surface area contributed by atoms with Gasteiger partial charge < -0.3 is 15.8 Å². The molecule has 0 bridgehead atoms. The van der Waals surface area contributed by atoms with Crippen LogP contribution in [0.4, 0.5) is 0 Å². The lowest BCUT2D eigenvalue weighted by Gasteiger charge is -2.22. The fraction of sp³-hybridized carbons (Fsp3) is 0.900. The monoisotopic (exact) mass is 236 g/mol. The summed E-state index contributed by atoms with van der Waals surface area (Å²) in [5.74, 6) is 0.516. The molecule has 3 N–H and O–H groups in total. The lowest BCUT2D eigenvalue weighted by molar-refractivity contribution is -0.129. The van der Waals surface area contributed by atoms with E-state index >= 15 is 0 Å². The molecule has 0 aromatic carbocycles. The molecule has 1 heterocycles. The Morgan fingerprint density at radius 3 is 2.93 bits per heavy atom. The lowest BCUT2D eigenvalue weighted by Crippen LogP contribution is -2.38. The normalized spacial score (nSPS) is 22.7. The predicted octanol–water partition coefficient (Wildman–Crippen LogP) is 0.546. The number of hydrogen-bond acceptors (Lipinski definition) is 3. The van der Waals surface area contributed by atoms with Crippen LogP contribution in [0.15, 0.2) is 0 Å². The topological polar surface area (TPSA) is 64.3 Å². The number of nitrogens with one attached hydrogen (secondary N) is 1. The van der Waals surface area contributed by atoms with Gasteiger partial charge in [-0.25, -0.2) is 0 Å². The van der Waals surface area contributed by atoms with Crippen LogP contribution >= 0.6 is 12.4 Å². The smallest absolute Gasteiger partial charge is 0.225 e. The van der Waals surface area contributed by atoms with Crippen LogP contribution in [0.5, 0.6) is 0 Å². The van der Waals surface area contributed by atoms with Gasteiger partial charge in [0.25, 0.3) is 0 Å². The van der Waals surface area contributed by atoms with Gasteiger partial charge in [-0.2, -0.15) is 0 Å². The van der Waals surface area contributed by atoms with Crippen molar-refractivity contribution >= 4 is 18.3 Å². The number of hydrogen-bond donors (Lipinski definition) is 2. The summed E-state index contributed by atoms with van der Waals surface area (Å²) < 4.78 is 5.25. The molecule has 4 nitrogen and oxygen atoms in total. The van der Waals surface area contributed by atoms with Crippen molar-refractivity contribution in [3.8, 4) is 0 Å². The standard InChI is InChI=1S/C10H20N2O2.ClH/c1-8(5-11)6-12-10(13)9-3-2-4-14-7-9;/h8-9H,2-7,11H2,1H3,(H,12,13);1H. The molecule has 15 heavy (non-hydrogen) atoms. The summed E-state index contributed by atoms with van der Waals surface area (Å²) in [6.45, 7) is 4.68. The van der Waals surface area contributed by atoms with Gasteiger partial charge in [0.05, 0.1) is 12.5 Å². The Balaban J connectivity index is 0.00000196. The average Bonchev–Trinajstić information content (AvgIpc) is 2.26. The molecule has 1 rings (SSSR count). The van der Waals surface area contributed by atoms with Gasteiger partial charge in [-0.1, -0.05) is 6.92 Å². The zero-order valence-corrected chi connectivity index (χ0v) is 10.0. The second-order valence-corrected chi connectivity index (χ2v) is 4.00. The highest BCUT2D eigenvalue weighted by Gasteiger charge is 2.21. The third-order valence-electron chi connectivity index (χ3n) is 2.56. The van der Waals surface area contributed by atoms with E-state index in [1.807, 2.05) is 6.92 Å². The van der Waals surface area contributed by atoms with E-state index < -0.39 is 0 Å². The van der Waals surface area contributed by atoms with Crippen molar-refractivity contribution < 1.29 is 9.53 Å². The van der Waals surface area contributed by atoms with Crippen LogP contribution in [0.3, 0.4) is 0 Å². The second kappa shape index (κ2) is 7.91.